The fourth-order valence-electron chi connectivity index (χ4n) is 3.91. The van der Waals surface area contributed by atoms with E-state index in [2.05, 4.69) is 4.98 Å². The standard InChI is InChI=1S/C22H16N2O2/c25-21-12-17(18-13-23-19-10-4-3-9-16(18)19)22(26)24(21)20-11-5-7-14-6-1-2-8-15(14)20/h1-11,13,17,23H,12H2/t17-/m0/s1. The molecule has 1 N–H and O–H groups in total. The van der Waals surface area contributed by atoms with E-state index in [1.807, 2.05) is 72.9 Å². The summed E-state index contributed by atoms with van der Waals surface area (Å²) in [6, 6.07) is 21.4. The zero-order valence-electron chi connectivity index (χ0n) is 14.0. The van der Waals surface area contributed by atoms with Gasteiger partial charge in [0.15, 0.2) is 0 Å². The van der Waals surface area contributed by atoms with Gasteiger partial charge >= 0.3 is 0 Å². The van der Waals surface area contributed by atoms with E-state index in [0.717, 1.165) is 27.2 Å². The van der Waals surface area contributed by atoms with E-state index in [1.54, 1.807) is 0 Å². The molecule has 2 heterocycles. The van der Waals surface area contributed by atoms with Crippen LogP contribution in [0.4, 0.5) is 5.69 Å². The lowest BCUT2D eigenvalue weighted by molar-refractivity contribution is -0.121. The number of fused-ring (bicyclic) bond motifs is 2. The summed E-state index contributed by atoms with van der Waals surface area (Å²) in [5, 5.41) is 2.93. The van der Waals surface area contributed by atoms with Crippen LogP contribution in [0.2, 0.25) is 0 Å². The van der Waals surface area contributed by atoms with Crippen LogP contribution in [0.15, 0.2) is 72.9 Å². The van der Waals surface area contributed by atoms with Crippen molar-refractivity contribution in [3.8, 4) is 0 Å². The summed E-state index contributed by atoms with van der Waals surface area (Å²) in [7, 11) is 0. The molecule has 2 amide bonds. The molecule has 1 atom stereocenters. The number of anilines is 1. The van der Waals surface area contributed by atoms with Gasteiger partial charge in [-0.3, -0.25) is 9.59 Å². The summed E-state index contributed by atoms with van der Waals surface area (Å²) in [5.41, 5.74) is 2.54. The third-order valence-electron chi connectivity index (χ3n) is 5.15. The number of imide groups is 1. The highest BCUT2D eigenvalue weighted by Gasteiger charge is 2.41. The lowest BCUT2D eigenvalue weighted by atomic mass is 9.97. The van der Waals surface area contributed by atoms with Gasteiger partial charge in [-0.15, -0.1) is 0 Å². The van der Waals surface area contributed by atoms with E-state index < -0.39 is 5.92 Å². The van der Waals surface area contributed by atoms with E-state index in [4.69, 9.17) is 0 Å². The Hall–Kier alpha value is -3.40. The first-order chi connectivity index (χ1) is 12.7. The van der Waals surface area contributed by atoms with Gasteiger partial charge in [0, 0.05) is 28.9 Å². The first-order valence-corrected chi connectivity index (χ1v) is 8.64. The van der Waals surface area contributed by atoms with Crippen molar-refractivity contribution in [1.29, 1.82) is 0 Å². The molecule has 0 aliphatic carbocycles. The predicted octanol–water partition coefficient (Wildman–Crippen LogP) is 4.37. The van der Waals surface area contributed by atoms with Crippen LogP contribution in [0, 0.1) is 0 Å². The van der Waals surface area contributed by atoms with Gasteiger partial charge in [0.05, 0.1) is 11.6 Å². The normalized spacial score (nSPS) is 17.5. The van der Waals surface area contributed by atoms with Crippen molar-refractivity contribution in [2.75, 3.05) is 4.90 Å². The highest BCUT2D eigenvalue weighted by Crippen LogP contribution is 2.38. The van der Waals surface area contributed by atoms with Crippen LogP contribution in [0.25, 0.3) is 21.7 Å². The number of aromatic nitrogens is 1. The van der Waals surface area contributed by atoms with Crippen molar-refractivity contribution in [2.45, 2.75) is 12.3 Å². The highest BCUT2D eigenvalue weighted by atomic mass is 16.2. The maximum absolute atomic E-state index is 13.2. The molecule has 1 fully saturated rings. The Morgan fingerprint density at radius 1 is 0.846 bits per heavy atom. The highest BCUT2D eigenvalue weighted by molar-refractivity contribution is 6.26. The summed E-state index contributed by atoms with van der Waals surface area (Å²) in [6.45, 7) is 0. The van der Waals surface area contributed by atoms with E-state index in [0.29, 0.717) is 5.69 Å². The van der Waals surface area contributed by atoms with Crippen molar-refractivity contribution < 1.29 is 9.59 Å². The second-order valence-corrected chi connectivity index (χ2v) is 6.61. The number of carbonyl (C=O) groups excluding carboxylic acids is 2. The molecule has 0 spiro atoms. The topological polar surface area (TPSA) is 53.2 Å². The molecule has 126 valence electrons. The number of aromatic amines is 1. The molecular formula is C22H16N2O2. The molecule has 5 rings (SSSR count). The Balaban J connectivity index is 1.62. The summed E-state index contributed by atoms with van der Waals surface area (Å²) in [5.74, 6) is -0.754. The molecule has 3 aromatic carbocycles. The van der Waals surface area contributed by atoms with E-state index >= 15 is 0 Å². The maximum atomic E-state index is 13.2. The lowest BCUT2D eigenvalue weighted by Gasteiger charge is -2.17. The van der Waals surface area contributed by atoms with Crippen molar-refractivity contribution in [3.63, 3.8) is 0 Å². The molecule has 1 aliphatic heterocycles. The number of nitrogens with one attached hydrogen (secondary N) is 1. The largest absolute Gasteiger partial charge is 0.361 e. The number of rotatable bonds is 2. The second-order valence-electron chi connectivity index (χ2n) is 6.61. The Morgan fingerprint density at radius 3 is 2.46 bits per heavy atom. The second kappa shape index (κ2) is 5.56. The zero-order chi connectivity index (χ0) is 17.7. The molecule has 0 radical (unpaired) electrons. The van der Waals surface area contributed by atoms with Gasteiger partial charge in [0.1, 0.15) is 0 Å². The van der Waals surface area contributed by atoms with Crippen LogP contribution in [-0.4, -0.2) is 16.8 Å². The third kappa shape index (κ3) is 2.09. The molecule has 1 aliphatic rings. The van der Waals surface area contributed by atoms with Crippen LogP contribution >= 0.6 is 0 Å². The van der Waals surface area contributed by atoms with E-state index in [-0.39, 0.29) is 18.2 Å². The number of H-pyrrole nitrogens is 1. The van der Waals surface area contributed by atoms with Crippen molar-refractivity contribution in [3.05, 3.63) is 78.5 Å². The van der Waals surface area contributed by atoms with E-state index in [9.17, 15) is 9.59 Å². The number of nitrogens with zero attached hydrogens (tertiary/aromatic N) is 1. The van der Waals surface area contributed by atoms with Crippen molar-refractivity contribution in [1.82, 2.24) is 4.98 Å². The van der Waals surface area contributed by atoms with Gasteiger partial charge in [-0.2, -0.15) is 0 Å². The SMILES string of the molecule is O=C1C[C@@H](c2c[nH]c3ccccc23)C(=O)N1c1cccc2ccccc12. The molecular weight excluding hydrogens is 324 g/mol. The minimum absolute atomic E-state index is 0.151. The van der Waals surface area contributed by atoms with Crippen LogP contribution in [0.5, 0.6) is 0 Å². The Labute approximate surface area is 150 Å². The van der Waals surface area contributed by atoms with Crippen molar-refractivity contribution in [2.24, 2.45) is 0 Å². The maximum Gasteiger partial charge on any atom is 0.241 e. The summed E-state index contributed by atoms with van der Waals surface area (Å²) in [6.07, 6.45) is 2.05. The van der Waals surface area contributed by atoms with Gasteiger partial charge in [0.2, 0.25) is 11.8 Å². The predicted molar refractivity (Wildman–Crippen MR) is 102 cm³/mol. The molecule has 4 heteroatoms. The number of para-hydroxylation sites is 1. The average molecular weight is 340 g/mol. The summed E-state index contributed by atoms with van der Waals surface area (Å²) >= 11 is 0. The van der Waals surface area contributed by atoms with Gasteiger partial charge in [-0.1, -0.05) is 54.6 Å². The monoisotopic (exact) mass is 340 g/mol. The number of carbonyl (C=O) groups is 2. The molecule has 26 heavy (non-hydrogen) atoms. The summed E-state index contributed by atoms with van der Waals surface area (Å²) in [4.78, 5) is 30.5. The number of hydrogen-bond acceptors (Lipinski definition) is 2. The Bertz CT molecular complexity index is 1170. The average Bonchev–Trinajstić information content (AvgIpc) is 3.22. The third-order valence-corrected chi connectivity index (χ3v) is 5.15. The van der Waals surface area contributed by atoms with Gasteiger partial charge < -0.3 is 4.98 Å². The smallest absolute Gasteiger partial charge is 0.241 e. The van der Waals surface area contributed by atoms with Crippen LogP contribution in [-0.2, 0) is 9.59 Å². The number of hydrogen-bond donors (Lipinski definition) is 1. The number of amides is 2. The fraction of sp³-hybridized carbons (Fsp3) is 0.0909. The number of benzene rings is 3. The van der Waals surface area contributed by atoms with Crippen LogP contribution < -0.4 is 4.90 Å². The zero-order valence-corrected chi connectivity index (χ0v) is 14.0. The molecule has 0 unspecified atom stereocenters. The Kier molecular flexibility index (Phi) is 3.19. The van der Waals surface area contributed by atoms with Gasteiger partial charge in [-0.05, 0) is 23.1 Å². The Morgan fingerprint density at radius 2 is 1.58 bits per heavy atom. The molecule has 0 bridgehead atoms. The van der Waals surface area contributed by atoms with Crippen molar-refractivity contribution >= 4 is 39.2 Å². The van der Waals surface area contributed by atoms with E-state index in [1.165, 1.54) is 4.90 Å². The first kappa shape index (κ1) is 14.9. The molecule has 4 nitrogen and oxygen atoms in total. The minimum Gasteiger partial charge on any atom is -0.361 e. The van der Waals surface area contributed by atoms with Gasteiger partial charge in [0.25, 0.3) is 0 Å². The minimum atomic E-state index is -0.447. The van der Waals surface area contributed by atoms with Crippen LogP contribution in [0.3, 0.4) is 0 Å². The molecule has 1 aromatic heterocycles. The molecule has 0 saturated carbocycles. The fourth-order valence-corrected chi connectivity index (χ4v) is 3.91. The van der Waals surface area contributed by atoms with Crippen LogP contribution in [0.1, 0.15) is 17.9 Å². The van der Waals surface area contributed by atoms with Gasteiger partial charge in [-0.25, -0.2) is 4.90 Å². The first-order valence-electron chi connectivity index (χ1n) is 8.64. The molecule has 4 aromatic rings. The summed E-state index contributed by atoms with van der Waals surface area (Å²) < 4.78 is 0. The molecule has 1 saturated heterocycles. The quantitative estimate of drug-likeness (QED) is 0.551. The lowest BCUT2D eigenvalue weighted by Crippen LogP contribution is -2.30.